The minimum absolute atomic E-state index is 0.116. The predicted octanol–water partition coefficient (Wildman–Crippen LogP) is 3.55. The van der Waals surface area contributed by atoms with Crippen LogP contribution in [0, 0.1) is 0 Å². The maximum Gasteiger partial charge on any atom is 0.271 e. The number of amides is 1. The Bertz CT molecular complexity index is 1180. The van der Waals surface area contributed by atoms with Gasteiger partial charge in [0.15, 0.2) is 5.69 Å². The average molecular weight is 432 g/mol. The van der Waals surface area contributed by atoms with Gasteiger partial charge in [0, 0.05) is 30.9 Å². The molecule has 2 aromatic carbocycles. The second kappa shape index (κ2) is 8.61. The largest absolute Gasteiger partial charge is 0.354 e. The van der Waals surface area contributed by atoms with E-state index in [1.165, 1.54) is 16.0 Å². The Kier molecular flexibility index (Phi) is 5.53. The van der Waals surface area contributed by atoms with Crippen LogP contribution in [-0.2, 0) is 25.9 Å². The fourth-order valence-corrected chi connectivity index (χ4v) is 5.20. The molecule has 0 spiro atoms. The number of nitrogens with zero attached hydrogens (tertiary/aromatic N) is 3. The van der Waals surface area contributed by atoms with Crippen molar-refractivity contribution in [1.29, 1.82) is 0 Å². The molecule has 31 heavy (non-hydrogen) atoms. The van der Waals surface area contributed by atoms with Crippen molar-refractivity contribution in [2.24, 2.45) is 0 Å². The molecule has 6 nitrogen and oxygen atoms in total. The van der Waals surface area contributed by atoms with E-state index in [9.17, 15) is 4.79 Å². The molecule has 1 aliphatic carbocycles. The molecule has 7 heteroatoms. The molecule has 1 atom stereocenters. The molecular formula is C24H25N5OS. The molecule has 5 rings (SSSR count). The Hall–Kier alpha value is -3.03. The summed E-state index contributed by atoms with van der Waals surface area (Å²) in [5, 5.41) is 12.2. The maximum atomic E-state index is 12.5. The van der Waals surface area contributed by atoms with Crippen molar-refractivity contribution >= 4 is 27.5 Å². The zero-order chi connectivity index (χ0) is 21.2. The molecule has 1 unspecified atom stereocenters. The van der Waals surface area contributed by atoms with Crippen molar-refractivity contribution in [2.75, 3.05) is 7.05 Å². The summed E-state index contributed by atoms with van der Waals surface area (Å²) >= 11 is 1.73. The lowest BCUT2D eigenvalue weighted by molar-refractivity contribution is 0.0956. The first kappa shape index (κ1) is 19.9. The monoisotopic (exact) mass is 431 g/mol. The van der Waals surface area contributed by atoms with E-state index in [0.717, 1.165) is 41.9 Å². The number of thiazole rings is 1. The fourth-order valence-electron chi connectivity index (χ4n) is 4.28. The quantitative estimate of drug-likeness (QED) is 0.490. The SMILES string of the molecule is CNC(=O)c1nn(Cc2ccccc2)c2c1CC(NCc1nc3ccccc3s1)CC2. The topological polar surface area (TPSA) is 71.8 Å². The highest BCUT2D eigenvalue weighted by molar-refractivity contribution is 7.18. The molecule has 1 amide bonds. The van der Waals surface area contributed by atoms with E-state index in [-0.39, 0.29) is 5.91 Å². The molecular weight excluding hydrogens is 406 g/mol. The standard InChI is InChI=1S/C24H25N5OS/c1-25-24(30)23-18-13-17(26-14-22-27-19-9-5-6-10-21(19)31-22)11-12-20(18)29(28-23)15-16-7-3-2-4-8-16/h2-10,17,26H,11-15H2,1H3,(H,25,30). The number of benzene rings is 2. The molecule has 2 N–H and O–H groups in total. The molecule has 2 heterocycles. The van der Waals surface area contributed by atoms with E-state index in [0.29, 0.717) is 18.3 Å². The Balaban J connectivity index is 1.34. The number of carbonyl (C=O) groups excluding carboxylic acids is 1. The number of rotatable bonds is 6. The third-order valence-corrected chi connectivity index (χ3v) is 6.88. The smallest absolute Gasteiger partial charge is 0.271 e. The molecule has 0 bridgehead atoms. The summed E-state index contributed by atoms with van der Waals surface area (Å²) in [4.78, 5) is 17.2. The van der Waals surface area contributed by atoms with Gasteiger partial charge in [0.05, 0.1) is 16.8 Å². The number of hydrogen-bond donors (Lipinski definition) is 2. The molecule has 0 saturated carbocycles. The van der Waals surface area contributed by atoms with E-state index in [1.54, 1.807) is 18.4 Å². The second-order valence-corrected chi connectivity index (χ2v) is 9.01. The molecule has 0 radical (unpaired) electrons. The van der Waals surface area contributed by atoms with Gasteiger partial charge in [-0.2, -0.15) is 5.10 Å². The molecule has 0 saturated heterocycles. The summed E-state index contributed by atoms with van der Waals surface area (Å²) in [5.41, 5.74) is 5.05. The molecule has 2 aromatic heterocycles. The number of para-hydroxylation sites is 1. The van der Waals surface area contributed by atoms with Crippen molar-refractivity contribution in [3.8, 4) is 0 Å². The minimum Gasteiger partial charge on any atom is -0.354 e. The van der Waals surface area contributed by atoms with Gasteiger partial charge < -0.3 is 10.6 Å². The van der Waals surface area contributed by atoms with Crippen LogP contribution >= 0.6 is 11.3 Å². The van der Waals surface area contributed by atoms with E-state index in [2.05, 4.69) is 34.9 Å². The molecule has 158 valence electrons. The Morgan fingerprint density at radius 1 is 1.16 bits per heavy atom. The maximum absolute atomic E-state index is 12.5. The van der Waals surface area contributed by atoms with Crippen LogP contribution in [0.4, 0.5) is 0 Å². The van der Waals surface area contributed by atoms with Gasteiger partial charge in [-0.05, 0) is 37.0 Å². The van der Waals surface area contributed by atoms with Crippen molar-refractivity contribution in [3.05, 3.63) is 82.1 Å². The Morgan fingerprint density at radius 2 is 1.97 bits per heavy atom. The lowest BCUT2D eigenvalue weighted by Gasteiger charge is -2.24. The third-order valence-electron chi connectivity index (χ3n) is 5.84. The Morgan fingerprint density at radius 3 is 2.77 bits per heavy atom. The van der Waals surface area contributed by atoms with E-state index >= 15 is 0 Å². The average Bonchev–Trinajstić information content (AvgIpc) is 3.39. The van der Waals surface area contributed by atoms with Gasteiger partial charge in [0.1, 0.15) is 5.01 Å². The highest BCUT2D eigenvalue weighted by atomic mass is 32.1. The van der Waals surface area contributed by atoms with Crippen molar-refractivity contribution in [2.45, 2.75) is 38.4 Å². The summed E-state index contributed by atoms with van der Waals surface area (Å²) in [6.07, 6.45) is 2.73. The van der Waals surface area contributed by atoms with Gasteiger partial charge in [-0.1, -0.05) is 42.5 Å². The molecule has 4 aromatic rings. The molecule has 0 fully saturated rings. The zero-order valence-electron chi connectivity index (χ0n) is 17.5. The first-order chi connectivity index (χ1) is 15.2. The van der Waals surface area contributed by atoms with Gasteiger partial charge in [-0.3, -0.25) is 9.48 Å². The first-order valence-corrected chi connectivity index (χ1v) is 11.5. The van der Waals surface area contributed by atoms with Gasteiger partial charge in [-0.15, -0.1) is 11.3 Å². The Labute approximate surface area is 185 Å². The summed E-state index contributed by atoms with van der Waals surface area (Å²) in [6.45, 7) is 1.43. The van der Waals surface area contributed by atoms with Crippen LogP contribution in [0.3, 0.4) is 0 Å². The first-order valence-electron chi connectivity index (χ1n) is 10.6. The van der Waals surface area contributed by atoms with Gasteiger partial charge in [0.25, 0.3) is 5.91 Å². The number of hydrogen-bond acceptors (Lipinski definition) is 5. The zero-order valence-corrected chi connectivity index (χ0v) is 18.3. The van der Waals surface area contributed by atoms with Crippen molar-refractivity contribution in [1.82, 2.24) is 25.4 Å². The second-order valence-electron chi connectivity index (χ2n) is 7.89. The van der Waals surface area contributed by atoms with E-state index < -0.39 is 0 Å². The summed E-state index contributed by atoms with van der Waals surface area (Å²) < 4.78 is 3.23. The van der Waals surface area contributed by atoms with Gasteiger partial charge in [0.2, 0.25) is 0 Å². The lowest BCUT2D eigenvalue weighted by Crippen LogP contribution is -2.35. The van der Waals surface area contributed by atoms with Gasteiger partial charge in [-0.25, -0.2) is 4.98 Å². The van der Waals surface area contributed by atoms with Gasteiger partial charge >= 0.3 is 0 Å². The third kappa shape index (κ3) is 4.11. The number of carbonyl (C=O) groups is 1. The van der Waals surface area contributed by atoms with Crippen LogP contribution in [0.25, 0.3) is 10.2 Å². The minimum atomic E-state index is -0.116. The van der Waals surface area contributed by atoms with Crippen LogP contribution in [0.15, 0.2) is 54.6 Å². The fraction of sp³-hybridized carbons (Fsp3) is 0.292. The van der Waals surface area contributed by atoms with E-state index in [1.807, 2.05) is 35.0 Å². The van der Waals surface area contributed by atoms with Crippen LogP contribution in [-0.4, -0.2) is 33.8 Å². The van der Waals surface area contributed by atoms with Crippen LogP contribution in [0.5, 0.6) is 0 Å². The number of fused-ring (bicyclic) bond motifs is 2. The van der Waals surface area contributed by atoms with Crippen LogP contribution in [0.1, 0.15) is 38.7 Å². The lowest BCUT2D eigenvalue weighted by atomic mass is 9.91. The van der Waals surface area contributed by atoms with Crippen LogP contribution < -0.4 is 10.6 Å². The number of nitrogens with one attached hydrogen (secondary N) is 2. The summed E-state index contributed by atoms with van der Waals surface area (Å²) in [7, 11) is 1.66. The number of aromatic nitrogens is 3. The summed E-state index contributed by atoms with van der Waals surface area (Å²) in [5.74, 6) is -0.116. The highest BCUT2D eigenvalue weighted by Gasteiger charge is 2.28. The van der Waals surface area contributed by atoms with E-state index in [4.69, 9.17) is 10.1 Å². The normalized spacial score (nSPS) is 15.7. The molecule has 0 aliphatic heterocycles. The molecule has 1 aliphatic rings. The highest BCUT2D eigenvalue weighted by Crippen LogP contribution is 2.27. The van der Waals surface area contributed by atoms with Crippen molar-refractivity contribution < 1.29 is 4.79 Å². The van der Waals surface area contributed by atoms with Crippen LogP contribution in [0.2, 0.25) is 0 Å². The summed E-state index contributed by atoms with van der Waals surface area (Å²) in [6, 6.07) is 18.8. The predicted molar refractivity (Wildman–Crippen MR) is 123 cm³/mol. The van der Waals surface area contributed by atoms with Crippen molar-refractivity contribution in [3.63, 3.8) is 0 Å².